The van der Waals surface area contributed by atoms with Crippen LogP contribution in [0.25, 0.3) is 10.9 Å². The predicted octanol–water partition coefficient (Wildman–Crippen LogP) is 4.63. The van der Waals surface area contributed by atoms with Crippen molar-refractivity contribution in [1.82, 2.24) is 20.1 Å². The third kappa shape index (κ3) is 7.15. The van der Waals surface area contributed by atoms with Gasteiger partial charge in [-0.2, -0.15) is 13.2 Å². The lowest BCUT2D eigenvalue weighted by molar-refractivity contribution is -0.138. The molecule has 0 spiro atoms. The number of urea groups is 1. The van der Waals surface area contributed by atoms with Crippen LogP contribution in [0.4, 0.5) is 28.0 Å². The first kappa shape index (κ1) is 29.8. The minimum absolute atomic E-state index is 0.0640. The van der Waals surface area contributed by atoms with Crippen LogP contribution < -0.4 is 16.0 Å². The molecule has 0 bridgehead atoms. The Bertz CT molecular complexity index is 1510. The van der Waals surface area contributed by atoms with E-state index in [0.717, 1.165) is 0 Å². The quantitative estimate of drug-likeness (QED) is 0.260. The highest BCUT2D eigenvalue weighted by Crippen LogP contribution is 2.27. The van der Waals surface area contributed by atoms with Crippen LogP contribution in [-0.2, 0) is 22.7 Å². The Kier molecular flexibility index (Phi) is 8.86. The summed E-state index contributed by atoms with van der Waals surface area (Å²) in [5.74, 6) is -1.77. The largest absolute Gasteiger partial charge is 0.405 e. The minimum atomic E-state index is -4.57. The molecule has 1 aliphatic rings. The van der Waals surface area contributed by atoms with Gasteiger partial charge in [-0.05, 0) is 44.0 Å². The maximum atomic E-state index is 14.2. The molecular weight excluding hydrogens is 570 g/mol. The smallest absolute Gasteiger partial charge is 0.350 e. The second-order valence-electron chi connectivity index (χ2n) is 9.56. The summed E-state index contributed by atoms with van der Waals surface area (Å²) in [6, 6.07) is 7.02. The fourth-order valence-corrected chi connectivity index (χ4v) is 4.90. The Morgan fingerprint density at radius 3 is 2.56 bits per heavy atom. The van der Waals surface area contributed by atoms with Gasteiger partial charge in [0, 0.05) is 47.0 Å². The molecule has 0 aliphatic carbocycles. The number of hydrogen-bond acceptors (Lipinski definition) is 4. The van der Waals surface area contributed by atoms with E-state index in [1.165, 1.54) is 52.9 Å². The number of nitrogens with zero attached hydrogens (tertiary/aromatic N) is 2. The Labute approximate surface area is 236 Å². The van der Waals surface area contributed by atoms with Gasteiger partial charge >= 0.3 is 12.2 Å². The molecule has 2 heterocycles. The van der Waals surface area contributed by atoms with Crippen molar-refractivity contribution in [3.8, 4) is 0 Å². The van der Waals surface area contributed by atoms with Crippen molar-refractivity contribution in [1.29, 1.82) is 0 Å². The highest BCUT2D eigenvalue weighted by molar-refractivity contribution is 6.30. The van der Waals surface area contributed by atoms with E-state index in [1.54, 1.807) is 11.4 Å². The molecule has 3 aromatic rings. The molecule has 9 nitrogen and oxygen atoms in total. The zero-order chi connectivity index (χ0) is 29.9. The fraction of sp³-hybridized carbons (Fsp3) is 0.333. The number of nitrogens with one attached hydrogen (secondary N) is 3. The monoisotopic (exact) mass is 595 g/mol. The average molecular weight is 596 g/mol. The molecule has 0 radical (unpaired) electrons. The first-order valence-electron chi connectivity index (χ1n) is 12.6. The number of ketones is 1. The molecule has 0 unspecified atom stereocenters. The summed E-state index contributed by atoms with van der Waals surface area (Å²) in [6.45, 7) is -0.151. The second kappa shape index (κ2) is 12.2. The van der Waals surface area contributed by atoms with Gasteiger partial charge in [0.1, 0.15) is 24.9 Å². The lowest BCUT2D eigenvalue weighted by Crippen LogP contribution is -2.46. The highest BCUT2D eigenvalue weighted by Gasteiger charge is 2.34. The summed E-state index contributed by atoms with van der Waals surface area (Å²) in [6.07, 6.45) is -2.08. The van der Waals surface area contributed by atoms with Crippen molar-refractivity contribution >= 4 is 51.8 Å². The van der Waals surface area contributed by atoms with Crippen molar-refractivity contribution < 1.29 is 36.7 Å². The summed E-state index contributed by atoms with van der Waals surface area (Å²) >= 11 is 5.80. The van der Waals surface area contributed by atoms with Crippen LogP contribution in [0.15, 0.2) is 42.6 Å². The van der Waals surface area contributed by atoms with Gasteiger partial charge in [0.15, 0.2) is 5.78 Å². The predicted molar refractivity (Wildman–Crippen MR) is 143 cm³/mol. The zero-order valence-corrected chi connectivity index (χ0v) is 22.5. The average Bonchev–Trinajstić information content (AvgIpc) is 3.53. The molecule has 1 aliphatic heterocycles. The summed E-state index contributed by atoms with van der Waals surface area (Å²) in [4.78, 5) is 51.8. The number of alkyl halides is 3. The molecular formula is C27H26ClF4N5O4. The number of likely N-dealkylation sites (tertiary alicyclic amines) is 1. The summed E-state index contributed by atoms with van der Waals surface area (Å²) in [5.41, 5.74) is 1.08. The molecule has 14 heteroatoms. The number of Topliss-reactive ketones (excluding diaryl/α,β-unsaturated/α-hetero) is 1. The molecule has 1 atom stereocenters. The lowest BCUT2D eigenvalue weighted by Gasteiger charge is -2.24. The topological polar surface area (TPSA) is 113 Å². The van der Waals surface area contributed by atoms with E-state index in [-0.39, 0.29) is 46.6 Å². The molecule has 2 aromatic carbocycles. The van der Waals surface area contributed by atoms with Gasteiger partial charge in [0.2, 0.25) is 11.8 Å². The van der Waals surface area contributed by atoms with Crippen molar-refractivity contribution in [2.45, 2.75) is 45.1 Å². The molecule has 0 saturated carbocycles. The van der Waals surface area contributed by atoms with Crippen molar-refractivity contribution in [2.24, 2.45) is 0 Å². The van der Waals surface area contributed by atoms with Crippen LogP contribution >= 0.6 is 11.6 Å². The number of benzene rings is 2. The molecule has 218 valence electrons. The van der Waals surface area contributed by atoms with Gasteiger partial charge in [-0.3, -0.25) is 14.4 Å². The molecule has 41 heavy (non-hydrogen) atoms. The van der Waals surface area contributed by atoms with Crippen molar-refractivity contribution in [3.63, 3.8) is 0 Å². The molecule has 3 N–H and O–H groups in total. The number of amides is 4. The first-order valence-corrected chi connectivity index (χ1v) is 13.0. The number of carbonyl (C=O) groups is 4. The van der Waals surface area contributed by atoms with Crippen LogP contribution in [0, 0.1) is 5.82 Å². The van der Waals surface area contributed by atoms with Crippen LogP contribution in [0.1, 0.15) is 35.7 Å². The number of aromatic nitrogens is 1. The van der Waals surface area contributed by atoms with E-state index in [1.807, 2.05) is 0 Å². The number of carbonyl (C=O) groups excluding carboxylic acids is 4. The molecule has 1 aromatic heterocycles. The van der Waals surface area contributed by atoms with Gasteiger partial charge in [0.05, 0.1) is 5.02 Å². The molecule has 4 rings (SSSR count). The number of hydrogen-bond donors (Lipinski definition) is 3. The van der Waals surface area contributed by atoms with Gasteiger partial charge < -0.3 is 25.4 Å². The third-order valence-corrected chi connectivity index (χ3v) is 6.93. The minimum Gasteiger partial charge on any atom is -0.350 e. The Morgan fingerprint density at radius 2 is 1.85 bits per heavy atom. The van der Waals surface area contributed by atoms with E-state index in [2.05, 4.69) is 10.6 Å². The van der Waals surface area contributed by atoms with Crippen LogP contribution in [-0.4, -0.2) is 58.4 Å². The van der Waals surface area contributed by atoms with E-state index >= 15 is 0 Å². The van der Waals surface area contributed by atoms with E-state index < -0.39 is 36.5 Å². The summed E-state index contributed by atoms with van der Waals surface area (Å²) in [7, 11) is 0. The van der Waals surface area contributed by atoms with Gasteiger partial charge in [-0.25, -0.2) is 9.18 Å². The third-order valence-electron chi connectivity index (χ3n) is 6.63. The first-order chi connectivity index (χ1) is 19.3. The summed E-state index contributed by atoms with van der Waals surface area (Å²) < 4.78 is 52.9. The van der Waals surface area contributed by atoms with Crippen LogP contribution in [0.3, 0.4) is 0 Å². The van der Waals surface area contributed by atoms with E-state index in [0.29, 0.717) is 30.3 Å². The second-order valence-corrected chi connectivity index (χ2v) is 9.96. The number of rotatable bonds is 8. The normalized spacial score (nSPS) is 15.2. The van der Waals surface area contributed by atoms with Crippen molar-refractivity contribution in [3.05, 3.63) is 64.6 Å². The Morgan fingerprint density at radius 1 is 1.10 bits per heavy atom. The SMILES string of the molecule is CC(=O)c1cn(CC(=O)N2CCC[C@H]2C(=O)NCc2cccc(Cl)c2F)c2ccc(NC(=O)NCC(F)(F)F)cc12. The lowest BCUT2D eigenvalue weighted by atomic mass is 10.1. The van der Waals surface area contributed by atoms with E-state index in [4.69, 9.17) is 11.6 Å². The van der Waals surface area contributed by atoms with Crippen LogP contribution in [0.2, 0.25) is 5.02 Å². The Hall–Kier alpha value is -4.13. The standard InChI is InChI=1S/C27H26ClF4N5O4/c1-15(38)19-12-36(21-8-7-17(10-18(19)21)35-26(41)34-14-27(30,31)32)13-23(39)37-9-3-6-22(37)25(40)33-11-16-4-2-5-20(28)24(16)29/h2,4-5,7-8,10,12,22H,3,6,9,11,13-14H2,1H3,(H,33,40)(H2,34,35,41)/t22-/m0/s1. The van der Waals surface area contributed by atoms with Crippen LogP contribution in [0.5, 0.6) is 0 Å². The molecule has 4 amide bonds. The maximum Gasteiger partial charge on any atom is 0.405 e. The van der Waals surface area contributed by atoms with E-state index in [9.17, 15) is 36.7 Å². The summed E-state index contributed by atoms with van der Waals surface area (Å²) in [5, 5.41) is 6.98. The van der Waals surface area contributed by atoms with Gasteiger partial charge in [-0.15, -0.1) is 0 Å². The highest BCUT2D eigenvalue weighted by atomic mass is 35.5. The maximum absolute atomic E-state index is 14.2. The zero-order valence-electron chi connectivity index (χ0n) is 21.8. The molecule has 1 saturated heterocycles. The fourth-order valence-electron chi connectivity index (χ4n) is 4.70. The number of fused-ring (bicyclic) bond motifs is 1. The van der Waals surface area contributed by atoms with Gasteiger partial charge in [-0.1, -0.05) is 23.7 Å². The van der Waals surface area contributed by atoms with Gasteiger partial charge in [0.25, 0.3) is 0 Å². The number of halogens is 5. The molecule has 1 fully saturated rings. The Balaban J connectivity index is 1.47. The number of anilines is 1. The van der Waals surface area contributed by atoms with Crippen molar-refractivity contribution in [2.75, 3.05) is 18.4 Å².